The Morgan fingerprint density at radius 3 is 2.80 bits per heavy atom. The highest BCUT2D eigenvalue weighted by atomic mass is 16.5. The molecule has 2 aliphatic carbocycles. The lowest BCUT2D eigenvalue weighted by atomic mass is 9.98. The monoisotopic (exact) mass is 338 g/mol. The summed E-state index contributed by atoms with van der Waals surface area (Å²) in [4.78, 5) is 9.07. The van der Waals surface area contributed by atoms with Crippen LogP contribution >= 0.6 is 0 Å². The van der Waals surface area contributed by atoms with E-state index >= 15 is 0 Å². The van der Waals surface area contributed by atoms with Gasteiger partial charge in [0, 0.05) is 12.0 Å². The van der Waals surface area contributed by atoms with Crippen molar-refractivity contribution < 1.29 is 9.84 Å². The van der Waals surface area contributed by atoms with Crippen LogP contribution in [0.4, 0.5) is 5.95 Å². The summed E-state index contributed by atoms with van der Waals surface area (Å²) in [5, 5.41) is 14.8. The molecule has 1 aromatic heterocycles. The van der Waals surface area contributed by atoms with E-state index in [1.54, 1.807) is 0 Å². The molecule has 130 valence electrons. The van der Waals surface area contributed by atoms with Gasteiger partial charge in [0.15, 0.2) is 12.1 Å². The number of nitrogens with zero attached hydrogens (tertiary/aromatic N) is 4. The summed E-state index contributed by atoms with van der Waals surface area (Å²) in [6, 6.07) is 9.76. The van der Waals surface area contributed by atoms with Crippen LogP contribution in [0.1, 0.15) is 38.3 Å². The van der Waals surface area contributed by atoms with Gasteiger partial charge < -0.3 is 9.84 Å². The number of fused-ring (bicyclic) bond motifs is 3. The first-order valence-corrected chi connectivity index (χ1v) is 9.14. The van der Waals surface area contributed by atoms with Crippen molar-refractivity contribution in [3.05, 3.63) is 30.3 Å². The molecule has 25 heavy (non-hydrogen) atoms. The zero-order valence-corrected chi connectivity index (χ0v) is 14.1. The first kappa shape index (κ1) is 15.2. The summed E-state index contributed by atoms with van der Waals surface area (Å²) in [6.45, 7) is 0.485. The van der Waals surface area contributed by atoms with Crippen molar-refractivity contribution in [3.8, 4) is 11.4 Å². The van der Waals surface area contributed by atoms with E-state index in [2.05, 4.69) is 15.1 Å². The molecular weight excluding hydrogens is 316 g/mol. The van der Waals surface area contributed by atoms with Gasteiger partial charge >= 0.3 is 0 Å². The molecule has 1 aromatic carbocycles. The molecule has 4 unspecified atom stereocenters. The number of aliphatic hydroxyl groups excluding tert-OH is 1. The van der Waals surface area contributed by atoms with Crippen molar-refractivity contribution in [1.29, 1.82) is 0 Å². The smallest absolute Gasteiger partial charge is 0.250 e. The number of hydrogen-bond donors (Lipinski definition) is 1. The molecule has 4 atom stereocenters. The number of rotatable bonds is 4. The average Bonchev–Trinajstić information content (AvgIpc) is 3.36. The standard InChI is InChI=1S/C19H22N4O2/c24-17-10-15(11-25-16-9-12-6-7-14(16)8-12)20-19-21-18(22-23(17)19)13-4-2-1-3-5-13/h1-5,12,14,16-17,24H,6-11H2. The fraction of sp³-hybridized carbons (Fsp3) is 0.526. The predicted molar refractivity (Wildman–Crippen MR) is 93.6 cm³/mol. The second-order valence-corrected chi connectivity index (χ2v) is 7.43. The SMILES string of the molecule is OC1CC(COC2CC3CCC2C3)=Nc2nc(-c3ccccc3)nn21. The molecular formula is C19H22N4O2. The summed E-state index contributed by atoms with van der Waals surface area (Å²) in [6.07, 6.45) is 5.29. The van der Waals surface area contributed by atoms with Crippen molar-refractivity contribution in [2.45, 2.75) is 44.4 Å². The maximum Gasteiger partial charge on any atom is 0.250 e. The summed E-state index contributed by atoms with van der Waals surface area (Å²) < 4.78 is 7.64. The second kappa shape index (κ2) is 6.04. The van der Waals surface area contributed by atoms with Crippen LogP contribution in [0.2, 0.25) is 0 Å². The molecule has 5 rings (SSSR count). The number of aliphatic hydroxyl groups is 1. The summed E-state index contributed by atoms with van der Waals surface area (Å²) in [5.41, 5.74) is 1.78. The molecule has 2 heterocycles. The van der Waals surface area contributed by atoms with Gasteiger partial charge in [-0.2, -0.15) is 4.98 Å². The largest absolute Gasteiger partial charge is 0.372 e. The molecule has 3 aliphatic rings. The van der Waals surface area contributed by atoms with Gasteiger partial charge in [0.25, 0.3) is 5.95 Å². The lowest BCUT2D eigenvalue weighted by Crippen LogP contribution is -2.27. The molecule has 6 heteroatoms. The molecule has 1 N–H and O–H groups in total. The van der Waals surface area contributed by atoms with Crippen molar-refractivity contribution in [2.75, 3.05) is 6.61 Å². The Kier molecular flexibility index (Phi) is 3.68. The van der Waals surface area contributed by atoms with E-state index in [4.69, 9.17) is 4.74 Å². The van der Waals surface area contributed by atoms with Crippen molar-refractivity contribution in [2.24, 2.45) is 16.8 Å². The fourth-order valence-electron chi connectivity index (χ4n) is 4.47. The van der Waals surface area contributed by atoms with Crippen LogP contribution < -0.4 is 0 Å². The number of ether oxygens (including phenoxy) is 1. The van der Waals surface area contributed by atoms with E-state index in [1.807, 2.05) is 30.3 Å². The minimum atomic E-state index is -0.726. The predicted octanol–water partition coefficient (Wildman–Crippen LogP) is 3.12. The third kappa shape index (κ3) is 2.79. The number of hydrogen-bond acceptors (Lipinski definition) is 5. The fourth-order valence-corrected chi connectivity index (χ4v) is 4.47. The Bertz CT molecular complexity index is 801. The number of aliphatic imine (C=N–C) groups is 1. The van der Waals surface area contributed by atoms with Crippen molar-refractivity contribution in [1.82, 2.24) is 14.8 Å². The highest BCUT2D eigenvalue weighted by Gasteiger charge is 2.40. The highest BCUT2D eigenvalue weighted by molar-refractivity contribution is 5.88. The van der Waals surface area contributed by atoms with Gasteiger partial charge in [-0.1, -0.05) is 30.3 Å². The van der Waals surface area contributed by atoms with Gasteiger partial charge in [-0.15, -0.1) is 5.10 Å². The van der Waals surface area contributed by atoms with Gasteiger partial charge in [0.2, 0.25) is 0 Å². The van der Waals surface area contributed by atoms with Gasteiger partial charge in [0.05, 0.1) is 18.4 Å². The molecule has 6 nitrogen and oxygen atoms in total. The number of benzene rings is 1. The van der Waals surface area contributed by atoms with E-state index < -0.39 is 6.23 Å². The molecule has 2 saturated carbocycles. The highest BCUT2D eigenvalue weighted by Crippen LogP contribution is 2.45. The summed E-state index contributed by atoms with van der Waals surface area (Å²) in [5.74, 6) is 2.65. The Hall–Kier alpha value is -2.05. The van der Waals surface area contributed by atoms with Gasteiger partial charge in [-0.25, -0.2) is 9.67 Å². The zero-order valence-electron chi connectivity index (χ0n) is 14.1. The molecule has 2 bridgehead atoms. The molecule has 0 saturated heterocycles. The van der Waals surface area contributed by atoms with Crippen LogP contribution in [0.3, 0.4) is 0 Å². The summed E-state index contributed by atoms with van der Waals surface area (Å²) in [7, 11) is 0. The molecule has 0 radical (unpaired) electrons. The molecule has 0 spiro atoms. The minimum absolute atomic E-state index is 0.373. The molecule has 0 amide bonds. The van der Waals surface area contributed by atoms with Gasteiger partial charge in [-0.05, 0) is 37.5 Å². The van der Waals surface area contributed by atoms with E-state index in [1.165, 1.54) is 30.4 Å². The Morgan fingerprint density at radius 1 is 1.16 bits per heavy atom. The Labute approximate surface area is 146 Å². The third-order valence-corrected chi connectivity index (χ3v) is 5.74. The molecule has 2 aromatic rings. The molecule has 1 aliphatic heterocycles. The maximum absolute atomic E-state index is 10.4. The zero-order chi connectivity index (χ0) is 16.8. The normalized spacial score (nSPS) is 30.4. The lowest BCUT2D eigenvalue weighted by Gasteiger charge is -2.24. The first-order chi connectivity index (χ1) is 12.3. The first-order valence-electron chi connectivity index (χ1n) is 9.14. The second-order valence-electron chi connectivity index (χ2n) is 7.43. The van der Waals surface area contributed by atoms with Gasteiger partial charge in [-0.3, -0.25) is 0 Å². The van der Waals surface area contributed by atoms with Crippen LogP contribution in [0.15, 0.2) is 35.3 Å². The van der Waals surface area contributed by atoms with Gasteiger partial charge in [0.1, 0.15) is 0 Å². The maximum atomic E-state index is 10.4. The number of aromatic nitrogens is 3. The molecule has 2 fully saturated rings. The van der Waals surface area contributed by atoms with Crippen LogP contribution in [0.25, 0.3) is 11.4 Å². The van der Waals surface area contributed by atoms with Crippen LogP contribution in [-0.2, 0) is 4.74 Å². The quantitative estimate of drug-likeness (QED) is 0.930. The minimum Gasteiger partial charge on any atom is -0.372 e. The lowest BCUT2D eigenvalue weighted by molar-refractivity contribution is 0.0355. The van der Waals surface area contributed by atoms with E-state index in [-0.39, 0.29) is 0 Å². The Morgan fingerprint density at radius 2 is 2.04 bits per heavy atom. The third-order valence-electron chi connectivity index (χ3n) is 5.74. The van der Waals surface area contributed by atoms with Crippen LogP contribution in [0, 0.1) is 11.8 Å². The Balaban J connectivity index is 1.33. The van der Waals surface area contributed by atoms with Crippen molar-refractivity contribution in [3.63, 3.8) is 0 Å². The van der Waals surface area contributed by atoms with E-state index in [0.717, 1.165) is 23.1 Å². The van der Waals surface area contributed by atoms with E-state index in [0.29, 0.717) is 30.9 Å². The average molecular weight is 338 g/mol. The summed E-state index contributed by atoms with van der Waals surface area (Å²) >= 11 is 0. The van der Waals surface area contributed by atoms with Crippen LogP contribution in [0.5, 0.6) is 0 Å². The van der Waals surface area contributed by atoms with Crippen molar-refractivity contribution >= 4 is 11.7 Å². The van der Waals surface area contributed by atoms with Crippen LogP contribution in [-0.4, -0.2) is 38.3 Å². The topological polar surface area (TPSA) is 72.5 Å². The van der Waals surface area contributed by atoms with E-state index in [9.17, 15) is 5.11 Å².